The van der Waals surface area contributed by atoms with Gasteiger partial charge in [-0.05, 0) is 37.5 Å². The van der Waals surface area contributed by atoms with Crippen LogP contribution in [0.5, 0.6) is 5.75 Å². The minimum Gasteiger partial charge on any atom is -0.493 e. The predicted molar refractivity (Wildman–Crippen MR) is 102 cm³/mol. The number of nitrogens with zero attached hydrogens (tertiary/aromatic N) is 1. The number of amides is 1. The zero-order valence-corrected chi connectivity index (χ0v) is 15.3. The summed E-state index contributed by atoms with van der Waals surface area (Å²) in [5, 5.41) is 22.6. The van der Waals surface area contributed by atoms with E-state index in [1.807, 2.05) is 31.2 Å². The third-order valence-electron chi connectivity index (χ3n) is 4.22. The molecule has 2 aromatic rings. The molecular formula is C20H20N2O3S. The van der Waals surface area contributed by atoms with Crippen LogP contribution in [0.2, 0.25) is 0 Å². The highest BCUT2D eigenvalue weighted by Gasteiger charge is 2.25. The summed E-state index contributed by atoms with van der Waals surface area (Å²) in [6.07, 6.45) is 4.63. The third kappa shape index (κ3) is 3.96. The zero-order chi connectivity index (χ0) is 18.5. The van der Waals surface area contributed by atoms with Gasteiger partial charge < -0.3 is 15.2 Å². The maximum atomic E-state index is 12.3. The molecule has 0 aliphatic heterocycles. The first-order chi connectivity index (χ1) is 12.6. The number of thiophene rings is 1. The van der Waals surface area contributed by atoms with Gasteiger partial charge in [0, 0.05) is 22.9 Å². The van der Waals surface area contributed by atoms with Crippen LogP contribution >= 0.6 is 11.3 Å². The monoisotopic (exact) mass is 368 g/mol. The van der Waals surface area contributed by atoms with Gasteiger partial charge in [0.15, 0.2) is 0 Å². The molecule has 134 valence electrons. The molecule has 0 bridgehead atoms. The van der Waals surface area contributed by atoms with Crippen LogP contribution < -0.4 is 10.1 Å². The number of aliphatic hydroxyl groups is 1. The molecule has 6 heteroatoms. The van der Waals surface area contributed by atoms with Crippen molar-refractivity contribution < 1.29 is 14.6 Å². The van der Waals surface area contributed by atoms with Crippen molar-refractivity contribution in [3.63, 3.8) is 0 Å². The Balaban J connectivity index is 1.76. The molecule has 0 spiro atoms. The van der Waals surface area contributed by atoms with Gasteiger partial charge in [0.1, 0.15) is 16.8 Å². The van der Waals surface area contributed by atoms with Crippen molar-refractivity contribution in [2.24, 2.45) is 0 Å². The number of hydrogen-bond donors (Lipinski definition) is 2. The van der Waals surface area contributed by atoms with Gasteiger partial charge in [0.2, 0.25) is 5.91 Å². The molecule has 1 unspecified atom stereocenters. The molecule has 0 fully saturated rings. The molecule has 3 rings (SSSR count). The Morgan fingerprint density at radius 1 is 1.50 bits per heavy atom. The smallest absolute Gasteiger partial charge is 0.249 e. The first-order valence-electron chi connectivity index (χ1n) is 8.56. The van der Waals surface area contributed by atoms with Crippen molar-refractivity contribution in [2.45, 2.75) is 32.3 Å². The second-order valence-corrected chi connectivity index (χ2v) is 7.11. The Hall–Kier alpha value is -2.62. The highest BCUT2D eigenvalue weighted by atomic mass is 32.1. The van der Waals surface area contributed by atoms with Crippen molar-refractivity contribution in [3.05, 3.63) is 51.9 Å². The number of rotatable bonds is 5. The molecule has 0 saturated carbocycles. The number of fused-ring (bicyclic) bond motifs is 1. The summed E-state index contributed by atoms with van der Waals surface area (Å²) >= 11 is 1.38. The van der Waals surface area contributed by atoms with Crippen LogP contribution in [0, 0.1) is 11.3 Å². The average Bonchev–Trinajstić information content (AvgIpc) is 2.97. The molecule has 2 N–H and O–H groups in total. The van der Waals surface area contributed by atoms with Crippen LogP contribution in [0.25, 0.3) is 6.08 Å². The van der Waals surface area contributed by atoms with Gasteiger partial charge in [0.25, 0.3) is 0 Å². The van der Waals surface area contributed by atoms with E-state index >= 15 is 0 Å². The molecule has 1 amide bonds. The lowest BCUT2D eigenvalue weighted by atomic mass is 9.94. The molecule has 1 atom stereocenters. The second-order valence-electron chi connectivity index (χ2n) is 6.01. The van der Waals surface area contributed by atoms with E-state index in [9.17, 15) is 15.2 Å². The van der Waals surface area contributed by atoms with E-state index in [1.54, 1.807) is 6.08 Å². The van der Waals surface area contributed by atoms with Gasteiger partial charge in [-0.25, -0.2) is 0 Å². The molecule has 1 aliphatic rings. The summed E-state index contributed by atoms with van der Waals surface area (Å²) in [6.45, 7) is 2.46. The van der Waals surface area contributed by atoms with E-state index in [0.29, 0.717) is 36.4 Å². The number of hydrogen-bond acceptors (Lipinski definition) is 5. The van der Waals surface area contributed by atoms with Crippen LogP contribution in [0.4, 0.5) is 5.00 Å². The largest absolute Gasteiger partial charge is 0.493 e. The third-order valence-corrected chi connectivity index (χ3v) is 5.39. The number of carbonyl (C=O) groups is 1. The van der Waals surface area contributed by atoms with Crippen molar-refractivity contribution >= 4 is 28.3 Å². The van der Waals surface area contributed by atoms with Crippen LogP contribution in [0.3, 0.4) is 0 Å². The Morgan fingerprint density at radius 3 is 3.08 bits per heavy atom. The summed E-state index contributed by atoms with van der Waals surface area (Å²) in [7, 11) is 0. The standard InChI is InChI=1S/C20H20N2O3S/c1-2-25-17-6-4-3-5-13(17)7-10-19(24)22-20-16(12-21)15-9-8-14(23)11-18(15)26-20/h3-7,10,14,23H,2,8-9,11H2,1H3,(H,22,24). The Morgan fingerprint density at radius 2 is 2.31 bits per heavy atom. The first-order valence-corrected chi connectivity index (χ1v) is 9.37. The van der Waals surface area contributed by atoms with Crippen molar-refractivity contribution in [3.8, 4) is 11.8 Å². The lowest BCUT2D eigenvalue weighted by Crippen LogP contribution is -2.17. The van der Waals surface area contributed by atoms with E-state index in [4.69, 9.17) is 4.74 Å². The molecule has 1 aromatic carbocycles. The minimum absolute atomic E-state index is 0.299. The number of anilines is 1. The van der Waals surface area contributed by atoms with Gasteiger partial charge >= 0.3 is 0 Å². The van der Waals surface area contributed by atoms with Gasteiger partial charge in [0.05, 0.1) is 18.3 Å². The normalized spacial score (nSPS) is 16.1. The number of aliphatic hydroxyl groups excluding tert-OH is 1. The summed E-state index contributed by atoms with van der Waals surface area (Å²) in [5.74, 6) is 0.421. The fraction of sp³-hybridized carbons (Fsp3) is 0.300. The van der Waals surface area contributed by atoms with Crippen LogP contribution in [0.15, 0.2) is 30.3 Å². The predicted octanol–water partition coefficient (Wildman–Crippen LogP) is 3.52. The Kier molecular flexibility index (Phi) is 5.71. The van der Waals surface area contributed by atoms with Gasteiger partial charge in [-0.3, -0.25) is 4.79 Å². The number of nitriles is 1. The maximum Gasteiger partial charge on any atom is 0.249 e. The summed E-state index contributed by atoms with van der Waals surface area (Å²) in [5.41, 5.74) is 2.30. The summed E-state index contributed by atoms with van der Waals surface area (Å²) in [4.78, 5) is 13.3. The highest BCUT2D eigenvalue weighted by Crippen LogP contribution is 2.37. The lowest BCUT2D eigenvalue weighted by molar-refractivity contribution is -0.111. The topological polar surface area (TPSA) is 82.3 Å². The fourth-order valence-corrected chi connectivity index (χ4v) is 4.27. The molecule has 1 heterocycles. The highest BCUT2D eigenvalue weighted by molar-refractivity contribution is 7.16. The van der Waals surface area contributed by atoms with E-state index in [-0.39, 0.29) is 12.0 Å². The minimum atomic E-state index is -0.369. The Bertz CT molecular complexity index is 880. The zero-order valence-electron chi connectivity index (χ0n) is 14.5. The number of benzene rings is 1. The molecule has 5 nitrogen and oxygen atoms in total. The van der Waals surface area contributed by atoms with Gasteiger partial charge in [-0.1, -0.05) is 18.2 Å². The fourth-order valence-electron chi connectivity index (χ4n) is 3.00. The number of ether oxygens (including phenoxy) is 1. The average molecular weight is 368 g/mol. The van der Waals surface area contributed by atoms with Gasteiger partial charge in [-0.15, -0.1) is 11.3 Å². The summed E-state index contributed by atoms with van der Waals surface area (Å²) < 4.78 is 5.54. The maximum absolute atomic E-state index is 12.3. The van der Waals surface area contributed by atoms with Crippen molar-refractivity contribution in [1.29, 1.82) is 5.26 Å². The quantitative estimate of drug-likeness (QED) is 0.791. The van der Waals surface area contributed by atoms with E-state index in [2.05, 4.69) is 11.4 Å². The second kappa shape index (κ2) is 8.17. The van der Waals surface area contributed by atoms with E-state index < -0.39 is 0 Å². The van der Waals surface area contributed by atoms with E-state index in [1.165, 1.54) is 17.4 Å². The van der Waals surface area contributed by atoms with Crippen LogP contribution in [0.1, 0.15) is 34.9 Å². The molecular weight excluding hydrogens is 348 g/mol. The van der Waals surface area contributed by atoms with Crippen LogP contribution in [-0.2, 0) is 17.6 Å². The molecule has 1 aliphatic carbocycles. The van der Waals surface area contributed by atoms with Crippen LogP contribution in [-0.4, -0.2) is 23.7 Å². The van der Waals surface area contributed by atoms with Gasteiger partial charge in [-0.2, -0.15) is 5.26 Å². The molecule has 0 saturated heterocycles. The number of para-hydroxylation sites is 1. The lowest BCUT2D eigenvalue weighted by Gasteiger charge is -2.16. The number of carbonyl (C=O) groups excluding carboxylic acids is 1. The summed E-state index contributed by atoms with van der Waals surface area (Å²) in [6, 6.07) is 9.69. The molecule has 0 radical (unpaired) electrons. The Labute approximate surface area is 156 Å². The molecule has 26 heavy (non-hydrogen) atoms. The molecule has 1 aromatic heterocycles. The van der Waals surface area contributed by atoms with Crippen molar-refractivity contribution in [2.75, 3.05) is 11.9 Å². The SMILES string of the molecule is CCOc1ccccc1C=CC(=O)Nc1sc2c(c1C#N)CCC(O)C2. The number of nitrogens with one attached hydrogen (secondary N) is 1. The first kappa shape index (κ1) is 18.2. The van der Waals surface area contributed by atoms with Crippen molar-refractivity contribution in [1.82, 2.24) is 0 Å². The van der Waals surface area contributed by atoms with E-state index in [0.717, 1.165) is 21.8 Å².